The van der Waals surface area contributed by atoms with Gasteiger partial charge in [-0.05, 0) is 47.0 Å². The zero-order valence-corrected chi connectivity index (χ0v) is 30.9. The van der Waals surface area contributed by atoms with Crippen LogP contribution in [-0.2, 0) is 19.5 Å². The van der Waals surface area contributed by atoms with Gasteiger partial charge < -0.3 is 15.3 Å². The van der Waals surface area contributed by atoms with E-state index in [1.54, 1.807) is 12.4 Å². The quantitative estimate of drug-likeness (QED) is 0.136. The van der Waals surface area contributed by atoms with E-state index in [9.17, 15) is 15.3 Å². The molecule has 2 heterocycles. The molecule has 4 aromatic rings. The van der Waals surface area contributed by atoms with Crippen molar-refractivity contribution in [2.75, 3.05) is 0 Å². The Balaban J connectivity index is 0. The third kappa shape index (κ3) is 22.1. The van der Waals surface area contributed by atoms with Crippen molar-refractivity contribution in [2.24, 2.45) is 0 Å². The van der Waals surface area contributed by atoms with Crippen LogP contribution in [0, 0.1) is 27.7 Å². The number of hydrogen-bond acceptors (Lipinski definition) is 7. The Labute approximate surface area is 296 Å². The fraction of sp³-hybridized carbons (Fsp3) is 0.333. The first-order valence-corrected chi connectivity index (χ1v) is 15.6. The fourth-order valence-corrected chi connectivity index (χ4v) is 3.79. The molecular formula is C39H51N4O3Ru. The van der Waals surface area contributed by atoms with Crippen LogP contribution >= 0.6 is 0 Å². The second-order valence-electron chi connectivity index (χ2n) is 10.5. The van der Waals surface area contributed by atoms with Gasteiger partial charge in [0.25, 0.3) is 0 Å². The number of rotatable bonds is 8. The third-order valence-corrected chi connectivity index (χ3v) is 5.82. The van der Waals surface area contributed by atoms with Gasteiger partial charge in [0.2, 0.25) is 0 Å². The van der Waals surface area contributed by atoms with E-state index in [-0.39, 0.29) is 36.8 Å². The summed E-state index contributed by atoms with van der Waals surface area (Å²) in [6, 6.07) is 20.2. The molecule has 4 rings (SSSR count). The predicted molar refractivity (Wildman–Crippen MR) is 186 cm³/mol. The molecule has 0 aliphatic rings. The fourth-order valence-electron chi connectivity index (χ4n) is 3.79. The van der Waals surface area contributed by atoms with Gasteiger partial charge >= 0.3 is 19.5 Å². The number of allylic oxidation sites excluding steroid dienone is 3. The van der Waals surface area contributed by atoms with E-state index in [0.29, 0.717) is 19.3 Å². The van der Waals surface area contributed by atoms with E-state index >= 15 is 0 Å². The third-order valence-electron chi connectivity index (χ3n) is 5.82. The summed E-state index contributed by atoms with van der Waals surface area (Å²) < 4.78 is 0. The first kappa shape index (κ1) is 45.0. The van der Waals surface area contributed by atoms with Gasteiger partial charge in [0.05, 0.1) is 34.2 Å². The van der Waals surface area contributed by atoms with E-state index in [1.165, 1.54) is 0 Å². The van der Waals surface area contributed by atoms with E-state index in [2.05, 4.69) is 39.7 Å². The van der Waals surface area contributed by atoms with Crippen molar-refractivity contribution in [2.45, 2.75) is 87.0 Å². The molecule has 7 nitrogen and oxygen atoms in total. The standard InChI is InChI=1S/2C12H12N2.3C5H10O.Ru/c2*1-9-8-13-12(10(2)14-9)11-6-4-3-5-7-11;3*1-3-4-5(2)6;/h2*3-8H,1-2H3;3*6H,2-4H2,1H3;/q;;;;;+3/p-3. The predicted octanol–water partition coefficient (Wildman–Crippen LogP) is 7.50. The number of hydrogen-bond donors (Lipinski definition) is 0. The average Bonchev–Trinajstić information content (AvgIpc) is 2.99. The van der Waals surface area contributed by atoms with Gasteiger partial charge in [0.15, 0.2) is 0 Å². The number of nitrogens with zero attached hydrogens (tertiary/aromatic N) is 4. The summed E-state index contributed by atoms with van der Waals surface area (Å²) in [4.78, 5) is 17.5. The van der Waals surface area contributed by atoms with Gasteiger partial charge in [-0.1, -0.05) is 101 Å². The maximum atomic E-state index is 9.93. The Bertz CT molecular complexity index is 1320. The minimum absolute atomic E-state index is 0. The molecule has 253 valence electrons. The van der Waals surface area contributed by atoms with E-state index < -0.39 is 0 Å². The zero-order chi connectivity index (χ0) is 34.9. The molecule has 0 amide bonds. The molecule has 0 aliphatic carbocycles. The molecule has 0 aliphatic heterocycles. The molecule has 0 saturated heterocycles. The first-order chi connectivity index (χ1) is 21.9. The summed E-state index contributed by atoms with van der Waals surface area (Å²) in [7, 11) is 0. The summed E-state index contributed by atoms with van der Waals surface area (Å²) >= 11 is 0. The van der Waals surface area contributed by atoms with E-state index in [4.69, 9.17) is 0 Å². The monoisotopic (exact) mass is 725 g/mol. The molecule has 0 N–H and O–H groups in total. The van der Waals surface area contributed by atoms with Crippen LogP contribution in [0.3, 0.4) is 0 Å². The maximum Gasteiger partial charge on any atom is 3.00 e. The van der Waals surface area contributed by atoms with Crippen LogP contribution in [0.1, 0.15) is 82.1 Å². The first-order valence-electron chi connectivity index (χ1n) is 15.6. The van der Waals surface area contributed by atoms with Gasteiger partial charge in [-0.3, -0.25) is 19.9 Å². The van der Waals surface area contributed by atoms with Gasteiger partial charge in [-0.2, -0.15) is 0 Å². The second kappa shape index (κ2) is 27.0. The van der Waals surface area contributed by atoms with E-state index in [1.807, 2.05) is 109 Å². The van der Waals surface area contributed by atoms with Crippen LogP contribution in [0.25, 0.3) is 22.5 Å². The van der Waals surface area contributed by atoms with Crippen LogP contribution in [-0.4, -0.2) is 19.9 Å². The van der Waals surface area contributed by atoms with Crippen molar-refractivity contribution in [1.82, 2.24) is 19.9 Å². The Morgan fingerprint density at radius 1 is 0.532 bits per heavy atom. The molecular weight excluding hydrogens is 674 g/mol. The SMILES string of the molecule is C=C([O-])CCC.C=C([O-])CCC.C=C([O-])CCC.Cc1cnc(-c2ccccc2)c(C)n1.Cc1cnc(-c2ccccc2)c(C)n1.[Ru+3]. The normalized spacial score (nSPS) is 9.17. The zero-order valence-electron chi connectivity index (χ0n) is 29.2. The topological polar surface area (TPSA) is 121 Å². The van der Waals surface area contributed by atoms with E-state index in [0.717, 1.165) is 64.6 Å². The van der Waals surface area contributed by atoms with Crippen LogP contribution in [0.15, 0.2) is 110 Å². The summed E-state index contributed by atoms with van der Waals surface area (Å²) in [5.41, 5.74) is 8.07. The van der Waals surface area contributed by atoms with Crippen molar-refractivity contribution >= 4 is 0 Å². The second-order valence-corrected chi connectivity index (χ2v) is 10.5. The summed E-state index contributed by atoms with van der Waals surface area (Å²) in [6.07, 6.45) is 8.23. The Morgan fingerprint density at radius 3 is 1.00 bits per heavy atom. The van der Waals surface area contributed by atoms with Crippen molar-refractivity contribution in [1.29, 1.82) is 0 Å². The number of benzene rings is 2. The summed E-state index contributed by atoms with van der Waals surface area (Å²) in [6.45, 7) is 23.3. The van der Waals surface area contributed by atoms with Gasteiger partial charge in [-0.25, -0.2) is 0 Å². The number of aromatic nitrogens is 4. The molecule has 0 atom stereocenters. The molecule has 2 aromatic heterocycles. The smallest absolute Gasteiger partial charge is 0.876 e. The molecule has 0 saturated carbocycles. The molecule has 2 aromatic carbocycles. The van der Waals surface area contributed by atoms with Crippen molar-refractivity contribution in [3.8, 4) is 22.5 Å². The largest absolute Gasteiger partial charge is 3.00 e. The van der Waals surface area contributed by atoms with Crippen LogP contribution in [0.2, 0.25) is 0 Å². The Kier molecular flexibility index (Phi) is 25.8. The molecule has 0 spiro atoms. The molecule has 1 radical (unpaired) electrons. The van der Waals surface area contributed by atoms with Gasteiger partial charge in [0, 0.05) is 23.5 Å². The molecule has 0 fully saturated rings. The average molecular weight is 725 g/mol. The molecule has 0 unspecified atom stereocenters. The molecule has 47 heavy (non-hydrogen) atoms. The minimum atomic E-state index is 0. The summed E-state index contributed by atoms with van der Waals surface area (Å²) in [5, 5.41) is 29.8. The van der Waals surface area contributed by atoms with Crippen LogP contribution < -0.4 is 15.3 Å². The maximum absolute atomic E-state index is 9.93. The minimum Gasteiger partial charge on any atom is -0.876 e. The van der Waals surface area contributed by atoms with Crippen LogP contribution in [0.5, 0.6) is 0 Å². The van der Waals surface area contributed by atoms with Crippen molar-refractivity contribution < 1.29 is 34.8 Å². The summed E-state index contributed by atoms with van der Waals surface area (Å²) in [5.74, 6) is 0.118. The molecule has 8 heteroatoms. The van der Waals surface area contributed by atoms with Crippen molar-refractivity contribution in [3.63, 3.8) is 0 Å². The van der Waals surface area contributed by atoms with Gasteiger partial charge in [-0.15, -0.1) is 37.0 Å². The van der Waals surface area contributed by atoms with Crippen molar-refractivity contribution in [3.05, 3.63) is 133 Å². The Morgan fingerprint density at radius 2 is 0.809 bits per heavy atom. The van der Waals surface area contributed by atoms with Gasteiger partial charge in [0.1, 0.15) is 0 Å². The number of aryl methyl sites for hydroxylation is 4. The van der Waals surface area contributed by atoms with Crippen LogP contribution in [0.4, 0.5) is 0 Å². The molecule has 0 bridgehead atoms. The Hall–Kier alpha value is -4.16.